The number of benzene rings is 1. The van der Waals surface area contributed by atoms with Crippen LogP contribution < -0.4 is 10.5 Å². The number of nitrogen functional groups attached to an aromatic ring is 1. The summed E-state index contributed by atoms with van der Waals surface area (Å²) in [6.45, 7) is -1.16. The van der Waals surface area contributed by atoms with Crippen molar-refractivity contribution in [1.29, 1.82) is 0 Å². The van der Waals surface area contributed by atoms with E-state index in [1.54, 1.807) is 0 Å². The standard InChI is InChI=1S/C10H13F3N2O3S/c11-7-1-2-9(8(14)5-7)19(16,17)15-3-4-18-6-10(12)13/h1-2,5,10,15H,3-4,6,14H2. The van der Waals surface area contributed by atoms with Crippen molar-refractivity contribution in [3.63, 3.8) is 0 Å². The first-order valence-corrected chi connectivity index (χ1v) is 6.72. The largest absolute Gasteiger partial charge is 0.398 e. The van der Waals surface area contributed by atoms with Crippen LogP contribution in [0.1, 0.15) is 0 Å². The lowest BCUT2D eigenvalue weighted by Crippen LogP contribution is -2.28. The maximum Gasteiger partial charge on any atom is 0.261 e. The average molecular weight is 298 g/mol. The number of hydrogen-bond donors (Lipinski definition) is 2. The molecule has 0 bridgehead atoms. The van der Waals surface area contributed by atoms with Gasteiger partial charge in [0, 0.05) is 6.54 Å². The molecule has 0 spiro atoms. The topological polar surface area (TPSA) is 81.4 Å². The fourth-order valence-electron chi connectivity index (χ4n) is 1.26. The number of hydrogen-bond acceptors (Lipinski definition) is 4. The number of rotatable bonds is 7. The second kappa shape index (κ2) is 6.73. The Morgan fingerprint density at radius 2 is 2.05 bits per heavy atom. The van der Waals surface area contributed by atoms with E-state index in [1.807, 2.05) is 0 Å². The molecule has 0 saturated carbocycles. The van der Waals surface area contributed by atoms with Crippen LogP contribution in [0, 0.1) is 5.82 Å². The number of alkyl halides is 2. The molecule has 0 atom stereocenters. The zero-order chi connectivity index (χ0) is 14.5. The van der Waals surface area contributed by atoms with E-state index in [2.05, 4.69) is 9.46 Å². The predicted octanol–water partition coefficient (Wildman–Crippen LogP) is 0.968. The minimum absolute atomic E-state index is 0.189. The molecule has 0 heterocycles. The highest BCUT2D eigenvalue weighted by atomic mass is 32.2. The summed E-state index contributed by atoms with van der Waals surface area (Å²) in [5.41, 5.74) is 5.15. The summed E-state index contributed by atoms with van der Waals surface area (Å²) in [5.74, 6) is -0.656. The lowest BCUT2D eigenvalue weighted by molar-refractivity contribution is 0.0199. The molecular weight excluding hydrogens is 285 g/mol. The van der Waals surface area contributed by atoms with Gasteiger partial charge < -0.3 is 10.5 Å². The molecule has 0 aliphatic rings. The summed E-state index contributed by atoms with van der Waals surface area (Å²) in [5, 5.41) is 0. The molecule has 0 amide bonds. The number of nitrogens with two attached hydrogens (primary N) is 1. The van der Waals surface area contributed by atoms with Crippen molar-refractivity contribution in [3.05, 3.63) is 24.0 Å². The molecule has 9 heteroatoms. The number of ether oxygens (including phenoxy) is 1. The van der Waals surface area contributed by atoms with E-state index >= 15 is 0 Å². The van der Waals surface area contributed by atoms with Crippen molar-refractivity contribution < 1.29 is 26.3 Å². The number of halogens is 3. The molecule has 0 fully saturated rings. The van der Waals surface area contributed by atoms with Crippen molar-refractivity contribution in [2.24, 2.45) is 0 Å². The minimum atomic E-state index is -3.92. The quantitative estimate of drug-likeness (QED) is 0.580. The second-order valence-electron chi connectivity index (χ2n) is 3.55. The molecule has 0 aliphatic heterocycles. The van der Waals surface area contributed by atoms with E-state index in [0.717, 1.165) is 18.2 Å². The molecule has 0 aliphatic carbocycles. The van der Waals surface area contributed by atoms with Gasteiger partial charge in [0.1, 0.15) is 17.3 Å². The summed E-state index contributed by atoms with van der Waals surface area (Å²) in [7, 11) is -3.92. The molecule has 0 radical (unpaired) electrons. The van der Waals surface area contributed by atoms with E-state index in [0.29, 0.717) is 0 Å². The van der Waals surface area contributed by atoms with Gasteiger partial charge >= 0.3 is 0 Å². The van der Waals surface area contributed by atoms with E-state index in [9.17, 15) is 21.6 Å². The first-order chi connectivity index (χ1) is 8.83. The van der Waals surface area contributed by atoms with Gasteiger partial charge in [0.25, 0.3) is 6.43 Å². The van der Waals surface area contributed by atoms with Crippen molar-refractivity contribution in [2.45, 2.75) is 11.3 Å². The molecule has 5 nitrogen and oxygen atoms in total. The van der Waals surface area contributed by atoms with Crippen LogP contribution in [0.3, 0.4) is 0 Å². The Hall–Kier alpha value is -1.32. The van der Waals surface area contributed by atoms with Crippen molar-refractivity contribution in [3.8, 4) is 0 Å². The van der Waals surface area contributed by atoms with Crippen molar-refractivity contribution in [1.82, 2.24) is 4.72 Å². The summed E-state index contributed by atoms with van der Waals surface area (Å²) < 4.78 is 66.4. The lowest BCUT2D eigenvalue weighted by Gasteiger charge is -2.09. The van der Waals surface area contributed by atoms with Gasteiger partial charge in [0.05, 0.1) is 12.3 Å². The summed E-state index contributed by atoms with van der Waals surface area (Å²) in [6.07, 6.45) is -2.61. The number of anilines is 1. The summed E-state index contributed by atoms with van der Waals surface area (Å²) >= 11 is 0. The van der Waals surface area contributed by atoms with Gasteiger partial charge in [-0.05, 0) is 18.2 Å². The van der Waals surface area contributed by atoms with E-state index < -0.39 is 28.9 Å². The lowest BCUT2D eigenvalue weighted by atomic mass is 10.3. The normalized spacial score (nSPS) is 12.0. The molecule has 3 N–H and O–H groups in total. The highest BCUT2D eigenvalue weighted by molar-refractivity contribution is 7.89. The Balaban J connectivity index is 2.56. The summed E-state index contributed by atoms with van der Waals surface area (Å²) in [6, 6.07) is 2.85. The Bertz CT molecular complexity index is 523. The molecule has 108 valence electrons. The SMILES string of the molecule is Nc1cc(F)ccc1S(=O)(=O)NCCOCC(F)F. The molecule has 1 rings (SSSR count). The van der Waals surface area contributed by atoms with Crippen LogP contribution in [-0.2, 0) is 14.8 Å². The van der Waals surface area contributed by atoms with Gasteiger partial charge in [-0.3, -0.25) is 0 Å². The maximum absolute atomic E-state index is 12.8. The second-order valence-corrected chi connectivity index (χ2v) is 5.28. The zero-order valence-electron chi connectivity index (χ0n) is 9.77. The Morgan fingerprint density at radius 3 is 2.63 bits per heavy atom. The highest BCUT2D eigenvalue weighted by Crippen LogP contribution is 2.18. The number of nitrogens with one attached hydrogen (secondary N) is 1. The minimum Gasteiger partial charge on any atom is -0.398 e. The Morgan fingerprint density at radius 1 is 1.37 bits per heavy atom. The van der Waals surface area contributed by atoms with Crippen molar-refractivity contribution >= 4 is 15.7 Å². The number of sulfonamides is 1. The molecule has 19 heavy (non-hydrogen) atoms. The van der Waals surface area contributed by atoms with Crippen LogP contribution in [0.5, 0.6) is 0 Å². The average Bonchev–Trinajstić information content (AvgIpc) is 2.27. The van der Waals surface area contributed by atoms with Crippen LogP contribution in [0.15, 0.2) is 23.1 Å². The Labute approximate surface area is 108 Å². The molecule has 0 aromatic heterocycles. The Kier molecular flexibility index (Phi) is 5.58. The van der Waals surface area contributed by atoms with Gasteiger partial charge in [-0.15, -0.1) is 0 Å². The first kappa shape index (κ1) is 15.7. The van der Waals surface area contributed by atoms with Gasteiger partial charge in [0.15, 0.2) is 0 Å². The van der Waals surface area contributed by atoms with Crippen LogP contribution in [0.2, 0.25) is 0 Å². The maximum atomic E-state index is 12.8. The third-order valence-corrected chi connectivity index (χ3v) is 3.58. The van der Waals surface area contributed by atoms with Crippen LogP contribution in [0.4, 0.5) is 18.9 Å². The van der Waals surface area contributed by atoms with Crippen LogP contribution in [-0.4, -0.2) is 34.6 Å². The predicted molar refractivity (Wildman–Crippen MR) is 62.8 cm³/mol. The fraction of sp³-hybridized carbons (Fsp3) is 0.400. The highest BCUT2D eigenvalue weighted by Gasteiger charge is 2.17. The molecule has 0 unspecified atom stereocenters. The van der Waals surface area contributed by atoms with Gasteiger partial charge in [0.2, 0.25) is 10.0 Å². The fourth-order valence-corrected chi connectivity index (χ4v) is 2.39. The van der Waals surface area contributed by atoms with Crippen LogP contribution in [0.25, 0.3) is 0 Å². The van der Waals surface area contributed by atoms with E-state index in [1.165, 1.54) is 0 Å². The third-order valence-electron chi connectivity index (χ3n) is 2.04. The summed E-state index contributed by atoms with van der Waals surface area (Å²) in [4.78, 5) is -0.275. The monoisotopic (exact) mass is 298 g/mol. The molecular formula is C10H13F3N2O3S. The molecule has 0 saturated heterocycles. The van der Waals surface area contributed by atoms with Gasteiger partial charge in [-0.25, -0.2) is 26.3 Å². The van der Waals surface area contributed by atoms with Gasteiger partial charge in [-0.1, -0.05) is 0 Å². The first-order valence-electron chi connectivity index (χ1n) is 5.23. The third kappa shape index (κ3) is 5.05. The molecule has 1 aromatic rings. The van der Waals surface area contributed by atoms with E-state index in [-0.39, 0.29) is 23.7 Å². The smallest absolute Gasteiger partial charge is 0.261 e. The van der Waals surface area contributed by atoms with Gasteiger partial charge in [-0.2, -0.15) is 0 Å². The van der Waals surface area contributed by atoms with Crippen LogP contribution >= 0.6 is 0 Å². The van der Waals surface area contributed by atoms with E-state index in [4.69, 9.17) is 5.73 Å². The van der Waals surface area contributed by atoms with Crippen molar-refractivity contribution in [2.75, 3.05) is 25.5 Å². The molecule has 1 aromatic carbocycles. The zero-order valence-corrected chi connectivity index (χ0v) is 10.6.